The Morgan fingerprint density at radius 1 is 1.13 bits per heavy atom. The molecule has 154 valence electrons. The van der Waals surface area contributed by atoms with Gasteiger partial charge in [-0.3, -0.25) is 14.9 Å². The number of likely N-dealkylation sites (N-methyl/N-ethyl adjacent to an activating group) is 1. The number of aryl methyl sites for hydroxylation is 1. The quantitative estimate of drug-likeness (QED) is 0.492. The molecule has 0 radical (unpaired) electrons. The lowest BCUT2D eigenvalue weighted by atomic mass is 10.0. The van der Waals surface area contributed by atoms with Crippen LogP contribution in [0.25, 0.3) is 5.69 Å². The number of hydrogen-bond donors (Lipinski definition) is 0. The molecule has 1 aliphatic heterocycles. The molecule has 2 heterocycles. The van der Waals surface area contributed by atoms with Crippen molar-refractivity contribution < 1.29 is 9.72 Å². The number of benzene rings is 2. The molecule has 0 N–H and O–H groups in total. The van der Waals surface area contributed by atoms with Crippen molar-refractivity contribution in [3.63, 3.8) is 0 Å². The molecule has 0 aliphatic carbocycles. The van der Waals surface area contributed by atoms with Gasteiger partial charge in [0.15, 0.2) is 0 Å². The monoisotopic (exact) mass is 405 g/mol. The molecule has 3 aromatic rings. The standard InChI is InChI=1S/C22H23N5O3/c1-16-10-11-26(23-16)20-14-18(27(29)30)8-9-19(20)22(28)25-13-12-24(2)15-21(25)17-6-4-3-5-7-17/h3-11,14,21H,12-13,15H2,1-2H3. The SMILES string of the molecule is Cc1ccn(-c2cc([N+](=O)[O-])ccc2C(=O)N2CCN(C)CC2c2ccccc2)n1. The zero-order chi connectivity index (χ0) is 21.3. The molecule has 8 heteroatoms. The van der Waals surface area contributed by atoms with E-state index >= 15 is 0 Å². The predicted molar refractivity (Wildman–Crippen MR) is 113 cm³/mol. The summed E-state index contributed by atoms with van der Waals surface area (Å²) in [5, 5.41) is 15.7. The topological polar surface area (TPSA) is 84.5 Å². The lowest BCUT2D eigenvalue weighted by Crippen LogP contribution is -2.49. The minimum atomic E-state index is -0.462. The van der Waals surface area contributed by atoms with E-state index in [-0.39, 0.29) is 17.6 Å². The highest BCUT2D eigenvalue weighted by Gasteiger charge is 2.32. The Morgan fingerprint density at radius 3 is 2.57 bits per heavy atom. The number of non-ortho nitro benzene ring substituents is 1. The van der Waals surface area contributed by atoms with E-state index in [4.69, 9.17) is 0 Å². The minimum Gasteiger partial charge on any atom is -0.329 e. The van der Waals surface area contributed by atoms with Crippen molar-refractivity contribution in [2.45, 2.75) is 13.0 Å². The number of hydrogen-bond acceptors (Lipinski definition) is 5. The summed E-state index contributed by atoms with van der Waals surface area (Å²) in [4.78, 5) is 28.6. The molecule has 0 spiro atoms. The van der Waals surface area contributed by atoms with Gasteiger partial charge in [0.2, 0.25) is 0 Å². The number of carbonyl (C=O) groups excluding carboxylic acids is 1. The molecule has 1 atom stereocenters. The Hall–Kier alpha value is -3.52. The van der Waals surface area contributed by atoms with Gasteiger partial charge in [0.05, 0.1) is 27.9 Å². The second-order valence-corrected chi connectivity index (χ2v) is 7.55. The van der Waals surface area contributed by atoms with Crippen LogP contribution in [0.1, 0.15) is 27.7 Å². The van der Waals surface area contributed by atoms with Crippen LogP contribution < -0.4 is 0 Å². The van der Waals surface area contributed by atoms with Crippen molar-refractivity contribution in [3.8, 4) is 5.69 Å². The number of piperazine rings is 1. The molecule has 0 bridgehead atoms. The van der Waals surface area contributed by atoms with Crippen LogP contribution in [0, 0.1) is 17.0 Å². The summed E-state index contributed by atoms with van der Waals surface area (Å²) in [6.07, 6.45) is 1.71. The zero-order valence-corrected chi connectivity index (χ0v) is 16.9. The molecule has 30 heavy (non-hydrogen) atoms. The van der Waals surface area contributed by atoms with Crippen LogP contribution in [-0.4, -0.2) is 57.1 Å². The molecular weight excluding hydrogens is 382 g/mol. The number of nitrogens with zero attached hydrogens (tertiary/aromatic N) is 5. The maximum atomic E-state index is 13.7. The van der Waals surface area contributed by atoms with Gasteiger partial charge in [-0.25, -0.2) is 4.68 Å². The van der Waals surface area contributed by atoms with E-state index in [9.17, 15) is 14.9 Å². The molecule has 1 saturated heterocycles. The van der Waals surface area contributed by atoms with E-state index in [0.717, 1.165) is 24.3 Å². The van der Waals surface area contributed by atoms with Crippen molar-refractivity contribution in [1.29, 1.82) is 0 Å². The van der Waals surface area contributed by atoms with E-state index in [1.54, 1.807) is 12.3 Å². The van der Waals surface area contributed by atoms with Gasteiger partial charge in [0.25, 0.3) is 11.6 Å². The van der Waals surface area contributed by atoms with E-state index in [0.29, 0.717) is 17.8 Å². The molecule has 4 rings (SSSR count). The molecule has 1 fully saturated rings. The van der Waals surface area contributed by atoms with Gasteiger partial charge in [-0.15, -0.1) is 0 Å². The number of rotatable bonds is 4. The number of carbonyl (C=O) groups is 1. The van der Waals surface area contributed by atoms with Crippen LogP contribution >= 0.6 is 0 Å². The average Bonchev–Trinajstić information content (AvgIpc) is 3.19. The summed E-state index contributed by atoms with van der Waals surface area (Å²) in [6, 6.07) is 16.0. The first-order chi connectivity index (χ1) is 14.4. The summed E-state index contributed by atoms with van der Waals surface area (Å²) in [5.41, 5.74) is 2.56. The predicted octanol–water partition coefficient (Wildman–Crippen LogP) is 3.22. The third-order valence-corrected chi connectivity index (χ3v) is 5.42. The number of amides is 1. The van der Waals surface area contributed by atoms with Gasteiger partial charge in [-0.1, -0.05) is 30.3 Å². The normalized spacial score (nSPS) is 17.1. The van der Waals surface area contributed by atoms with Gasteiger partial charge >= 0.3 is 0 Å². The molecule has 1 amide bonds. The summed E-state index contributed by atoms with van der Waals surface area (Å²) in [5.74, 6) is -0.157. The average molecular weight is 405 g/mol. The van der Waals surface area contributed by atoms with E-state index in [2.05, 4.69) is 10.00 Å². The van der Waals surface area contributed by atoms with E-state index < -0.39 is 4.92 Å². The summed E-state index contributed by atoms with van der Waals surface area (Å²) in [6.45, 7) is 3.89. The molecule has 0 saturated carbocycles. The first-order valence-electron chi connectivity index (χ1n) is 9.79. The maximum absolute atomic E-state index is 13.7. The third-order valence-electron chi connectivity index (χ3n) is 5.42. The van der Waals surface area contributed by atoms with Crippen LogP contribution in [0.15, 0.2) is 60.8 Å². The van der Waals surface area contributed by atoms with Crippen molar-refractivity contribution in [1.82, 2.24) is 19.6 Å². The molecule has 1 unspecified atom stereocenters. The first-order valence-corrected chi connectivity index (χ1v) is 9.79. The Bertz CT molecular complexity index is 1080. The van der Waals surface area contributed by atoms with Gasteiger partial charge in [-0.2, -0.15) is 5.10 Å². The van der Waals surface area contributed by atoms with Crippen LogP contribution in [0.4, 0.5) is 5.69 Å². The van der Waals surface area contributed by atoms with Crippen molar-refractivity contribution in [3.05, 3.63) is 87.7 Å². The second-order valence-electron chi connectivity index (χ2n) is 7.55. The Kier molecular flexibility index (Phi) is 5.33. The van der Waals surface area contributed by atoms with Gasteiger partial charge in [0.1, 0.15) is 0 Å². The highest BCUT2D eigenvalue weighted by molar-refractivity contribution is 5.98. The highest BCUT2D eigenvalue weighted by Crippen LogP contribution is 2.29. The van der Waals surface area contributed by atoms with Crippen LogP contribution in [0.5, 0.6) is 0 Å². The summed E-state index contributed by atoms with van der Waals surface area (Å²) < 4.78 is 1.53. The number of nitro benzene ring substituents is 1. The van der Waals surface area contributed by atoms with Gasteiger partial charge in [0, 0.05) is 38.0 Å². The fourth-order valence-corrected chi connectivity index (χ4v) is 3.83. The van der Waals surface area contributed by atoms with E-state index in [1.807, 2.05) is 49.2 Å². The smallest absolute Gasteiger partial charge is 0.271 e. The van der Waals surface area contributed by atoms with Crippen LogP contribution in [0.2, 0.25) is 0 Å². The Labute approximate surface area is 174 Å². The first kappa shape index (κ1) is 19.8. The number of aromatic nitrogens is 2. The lowest BCUT2D eigenvalue weighted by Gasteiger charge is -2.40. The summed E-state index contributed by atoms with van der Waals surface area (Å²) in [7, 11) is 2.04. The van der Waals surface area contributed by atoms with Gasteiger partial charge < -0.3 is 9.80 Å². The van der Waals surface area contributed by atoms with Crippen molar-refractivity contribution in [2.24, 2.45) is 0 Å². The summed E-state index contributed by atoms with van der Waals surface area (Å²) >= 11 is 0. The lowest BCUT2D eigenvalue weighted by molar-refractivity contribution is -0.384. The third kappa shape index (κ3) is 3.81. The number of nitro groups is 1. The Morgan fingerprint density at radius 2 is 1.90 bits per heavy atom. The molecule has 8 nitrogen and oxygen atoms in total. The van der Waals surface area contributed by atoms with Crippen LogP contribution in [0.3, 0.4) is 0 Å². The zero-order valence-electron chi connectivity index (χ0n) is 16.9. The molecule has 1 aromatic heterocycles. The van der Waals surface area contributed by atoms with Crippen LogP contribution in [-0.2, 0) is 0 Å². The highest BCUT2D eigenvalue weighted by atomic mass is 16.6. The van der Waals surface area contributed by atoms with Crippen molar-refractivity contribution in [2.75, 3.05) is 26.7 Å². The largest absolute Gasteiger partial charge is 0.329 e. The second kappa shape index (κ2) is 8.08. The van der Waals surface area contributed by atoms with Crippen molar-refractivity contribution >= 4 is 11.6 Å². The molecule has 1 aliphatic rings. The minimum absolute atomic E-state index is 0.0762. The molecular formula is C22H23N5O3. The maximum Gasteiger partial charge on any atom is 0.271 e. The van der Waals surface area contributed by atoms with Gasteiger partial charge in [-0.05, 0) is 31.7 Å². The fraction of sp³-hybridized carbons (Fsp3) is 0.273. The fourth-order valence-electron chi connectivity index (χ4n) is 3.83. The molecule has 2 aromatic carbocycles. The Balaban J connectivity index is 1.77. The van der Waals surface area contributed by atoms with E-state index in [1.165, 1.54) is 22.9 Å².